The second-order valence-electron chi connectivity index (χ2n) is 3.93. The van der Waals surface area contributed by atoms with Crippen molar-refractivity contribution in [1.82, 2.24) is 9.80 Å². The van der Waals surface area contributed by atoms with E-state index in [1.54, 1.807) is 0 Å². The summed E-state index contributed by atoms with van der Waals surface area (Å²) >= 11 is 0. The van der Waals surface area contributed by atoms with Gasteiger partial charge in [-0.1, -0.05) is 0 Å². The van der Waals surface area contributed by atoms with Crippen LogP contribution in [0.5, 0.6) is 0 Å². The van der Waals surface area contributed by atoms with Crippen LogP contribution < -0.4 is 48.0 Å². The van der Waals surface area contributed by atoms with Gasteiger partial charge in [0.25, 0.3) is 0 Å². The van der Waals surface area contributed by atoms with Crippen LogP contribution in [0.25, 0.3) is 0 Å². The van der Waals surface area contributed by atoms with Crippen LogP contribution in [0.15, 0.2) is 0 Å². The molecule has 0 unspecified atom stereocenters. The number of hydrogen-bond acceptors (Lipinski definition) is 17. The van der Waals surface area contributed by atoms with Crippen LogP contribution in [0.4, 0.5) is 0 Å². The summed E-state index contributed by atoms with van der Waals surface area (Å²) in [7, 11) is -6.15. The summed E-state index contributed by atoms with van der Waals surface area (Å²) in [5.41, 5.74) is 0. The van der Waals surface area contributed by atoms with Crippen molar-refractivity contribution in [2.45, 2.75) is 0 Å². The van der Waals surface area contributed by atoms with E-state index in [1.807, 2.05) is 52.1 Å². The Hall–Kier alpha value is 0.602. The molecular formula is C6H18Al2Mg2N2O15Si5. The van der Waals surface area contributed by atoms with Crippen molar-refractivity contribution in [3.8, 4) is 0 Å². The van der Waals surface area contributed by atoms with Crippen molar-refractivity contribution < 1.29 is 70.3 Å². The maximum atomic E-state index is 8.52. The first-order valence-electron chi connectivity index (χ1n) is 5.75. The third-order valence-electron chi connectivity index (χ3n) is 0. The van der Waals surface area contributed by atoms with E-state index in [4.69, 9.17) is 70.3 Å². The summed E-state index contributed by atoms with van der Waals surface area (Å²) in [5.74, 6) is 0. The van der Waals surface area contributed by atoms with Gasteiger partial charge in [0.05, 0.1) is 0 Å². The summed E-state index contributed by atoms with van der Waals surface area (Å²) in [4.78, 5) is 89.2. The smallest absolute Gasteiger partial charge is 0.672 e. The topological polar surface area (TPSA) is 322 Å². The Morgan fingerprint density at radius 3 is 0.375 bits per heavy atom. The Kier molecular flexibility index (Phi) is 138. The van der Waals surface area contributed by atoms with E-state index in [2.05, 4.69) is 0 Å². The van der Waals surface area contributed by atoms with Crippen molar-refractivity contribution in [2.24, 2.45) is 0 Å². The standard InChI is InChI=1S/2C3H9N.2Al.2Mg.5O3Si/c2*1-4(2)3;;;;;5*1-4(2)3/h2*1-3H3;;;;;;;;;/q;;2*+3;2*+2;5*-2. The number of hydrogen-bond donors (Lipinski definition) is 0. The molecule has 0 radical (unpaired) electrons. The molecule has 0 amide bonds. The summed E-state index contributed by atoms with van der Waals surface area (Å²) in [6.07, 6.45) is 0. The van der Waals surface area contributed by atoms with Gasteiger partial charge < -0.3 is 80.1 Å². The average Bonchev–Trinajstić information content (AvgIpc) is 2.20. The Bertz CT molecular complexity index is 315. The fourth-order valence-electron chi connectivity index (χ4n) is 0. The van der Waals surface area contributed by atoms with Gasteiger partial charge in [-0.05, 0) is 42.3 Å². The maximum Gasteiger partial charge on any atom is 3.00 e. The van der Waals surface area contributed by atoms with Crippen molar-refractivity contribution in [3.63, 3.8) is 0 Å². The summed E-state index contributed by atoms with van der Waals surface area (Å²) in [6.45, 7) is 0. The zero-order valence-electron chi connectivity index (χ0n) is 18.1. The van der Waals surface area contributed by atoms with Crippen molar-refractivity contribution in [2.75, 3.05) is 42.3 Å². The van der Waals surface area contributed by atoms with Gasteiger partial charge in [-0.25, -0.2) is 0 Å². The molecule has 0 fully saturated rings. The SMILES string of the molecule is CN(C)C.CN(C)C.O=[Si]([O-])[O-].O=[Si]([O-])[O-].O=[Si]([O-])[O-].O=[Si]([O-])[O-].O=[Si]([O-])[O-].[Al+3].[Al+3].[Mg+2].[Mg+2]. The Labute approximate surface area is 247 Å². The van der Waals surface area contributed by atoms with Gasteiger partial charge in [-0.2, -0.15) is 0 Å². The minimum absolute atomic E-state index is 0. The fourth-order valence-corrected chi connectivity index (χ4v) is 0. The van der Waals surface area contributed by atoms with Crippen molar-refractivity contribution >= 4 is 127 Å². The monoisotopic (exact) mass is 600 g/mol. The van der Waals surface area contributed by atoms with Crippen molar-refractivity contribution in [3.05, 3.63) is 0 Å². The number of rotatable bonds is 0. The summed E-state index contributed by atoms with van der Waals surface area (Å²) in [5, 5.41) is 0. The summed E-state index contributed by atoms with van der Waals surface area (Å²) in [6, 6.07) is 0. The fraction of sp³-hybridized carbons (Fsp3) is 1.00. The Balaban J connectivity index is -0.0000000175. The van der Waals surface area contributed by atoms with E-state index in [9.17, 15) is 0 Å². The van der Waals surface area contributed by atoms with Crippen LogP contribution >= 0.6 is 0 Å². The molecule has 0 saturated heterocycles. The first-order valence-corrected chi connectivity index (χ1v) is 11.9. The summed E-state index contributed by atoms with van der Waals surface area (Å²) < 4.78 is 42.6. The molecule has 0 bridgehead atoms. The van der Waals surface area contributed by atoms with Crippen LogP contribution in [0.2, 0.25) is 0 Å². The minimum Gasteiger partial charge on any atom is -0.672 e. The largest absolute Gasteiger partial charge is 3.00 e. The molecule has 0 aromatic heterocycles. The van der Waals surface area contributed by atoms with E-state index in [0.29, 0.717) is 0 Å². The molecule has 0 atom stereocenters. The van der Waals surface area contributed by atoms with Gasteiger partial charge in [0.2, 0.25) is 0 Å². The van der Waals surface area contributed by atoms with E-state index in [-0.39, 0.29) is 80.8 Å². The van der Waals surface area contributed by atoms with Crippen LogP contribution in [0, 0.1) is 0 Å². The molecule has 0 spiro atoms. The molecule has 0 aliphatic heterocycles. The molecule has 0 heterocycles. The molecule has 17 nitrogen and oxygen atoms in total. The van der Waals surface area contributed by atoms with Gasteiger partial charge in [0, 0.05) is 45.9 Å². The predicted octanol–water partition coefficient (Wildman–Crippen LogP) is -15.6. The molecule has 0 aliphatic rings. The van der Waals surface area contributed by atoms with Gasteiger partial charge in [-0.15, -0.1) is 0 Å². The van der Waals surface area contributed by atoms with Gasteiger partial charge >= 0.3 is 80.8 Å². The van der Waals surface area contributed by atoms with E-state index < -0.39 is 45.9 Å². The third-order valence-corrected chi connectivity index (χ3v) is 0. The maximum absolute atomic E-state index is 8.52. The van der Waals surface area contributed by atoms with E-state index in [0.717, 1.165) is 0 Å². The van der Waals surface area contributed by atoms with Gasteiger partial charge in [0.1, 0.15) is 0 Å². The molecule has 172 valence electrons. The molecule has 26 heteroatoms. The quantitative estimate of drug-likeness (QED) is 0.233. The zero-order chi connectivity index (χ0) is 25.0. The molecule has 0 aromatic rings. The third kappa shape index (κ3) is 74000. The van der Waals surface area contributed by atoms with Gasteiger partial charge in [0.15, 0.2) is 0 Å². The zero-order valence-corrected chi connectivity index (χ0v) is 28.2. The average molecular weight is 601 g/mol. The van der Waals surface area contributed by atoms with Crippen molar-refractivity contribution in [1.29, 1.82) is 0 Å². The molecule has 32 heavy (non-hydrogen) atoms. The first kappa shape index (κ1) is 69.8. The van der Waals surface area contributed by atoms with Crippen LogP contribution in [-0.4, -0.2) is 179 Å². The Morgan fingerprint density at radius 1 is 0.375 bits per heavy atom. The molecule has 0 rings (SSSR count). The van der Waals surface area contributed by atoms with E-state index >= 15 is 0 Å². The second kappa shape index (κ2) is 63.4. The second-order valence-corrected chi connectivity index (χ2v) is 6.43. The van der Waals surface area contributed by atoms with Crippen LogP contribution in [-0.2, 0) is 22.3 Å². The Morgan fingerprint density at radius 2 is 0.375 bits per heavy atom. The van der Waals surface area contributed by atoms with E-state index in [1.165, 1.54) is 0 Å². The molecule has 0 aromatic carbocycles. The first-order chi connectivity index (χ1) is 12.1. The number of nitrogens with zero attached hydrogens (tertiary/aromatic N) is 2. The van der Waals surface area contributed by atoms with Crippen LogP contribution in [0.3, 0.4) is 0 Å². The molecule has 0 N–H and O–H groups in total. The normalized spacial score (nSPS) is 6.00. The van der Waals surface area contributed by atoms with Crippen LogP contribution in [0.1, 0.15) is 0 Å². The molecule has 0 aliphatic carbocycles. The predicted molar refractivity (Wildman–Crippen MR) is 94.4 cm³/mol. The molecule has 0 saturated carbocycles. The minimum atomic E-state index is -3.63. The molecular weight excluding hydrogens is 583 g/mol. The van der Waals surface area contributed by atoms with Gasteiger partial charge in [-0.3, -0.25) is 0 Å².